The third kappa shape index (κ3) is 4.66. The maximum Gasteiger partial charge on any atom is 0.119 e. The number of nitrogens with one attached hydrogen (secondary N) is 1. The molecule has 1 saturated heterocycles. The van der Waals surface area contributed by atoms with Gasteiger partial charge in [0.05, 0.1) is 13.2 Å². The van der Waals surface area contributed by atoms with Crippen LogP contribution in [0.4, 0.5) is 0 Å². The van der Waals surface area contributed by atoms with Crippen molar-refractivity contribution in [2.45, 2.75) is 18.9 Å². The van der Waals surface area contributed by atoms with Gasteiger partial charge in [-0.2, -0.15) is 0 Å². The molecule has 3 nitrogen and oxygen atoms in total. The van der Waals surface area contributed by atoms with E-state index in [0.717, 1.165) is 23.4 Å². The first-order valence-electron chi connectivity index (χ1n) is 6.04. The number of hydrogen-bond acceptors (Lipinski definition) is 3. The summed E-state index contributed by atoms with van der Waals surface area (Å²) < 4.78 is 12.2. The summed E-state index contributed by atoms with van der Waals surface area (Å²) in [6, 6.07) is 8.38. The molecule has 0 aromatic heterocycles. The fourth-order valence-corrected chi connectivity index (χ4v) is 2.14. The van der Waals surface area contributed by atoms with Crippen molar-refractivity contribution < 1.29 is 9.47 Å². The van der Waals surface area contributed by atoms with E-state index >= 15 is 0 Å². The quantitative estimate of drug-likeness (QED) is 0.819. The van der Waals surface area contributed by atoms with Gasteiger partial charge < -0.3 is 14.8 Å². The van der Waals surface area contributed by atoms with Crippen molar-refractivity contribution >= 4 is 15.9 Å². The number of rotatable bonds is 6. The summed E-state index contributed by atoms with van der Waals surface area (Å²) in [4.78, 5) is 0. The number of ether oxygens (including phenoxy) is 2. The summed E-state index contributed by atoms with van der Waals surface area (Å²) in [5.74, 6) is 0.885. The Kier molecular flexibility index (Phi) is 5.29. The van der Waals surface area contributed by atoms with Crippen LogP contribution < -0.4 is 10.1 Å². The van der Waals surface area contributed by atoms with Crippen LogP contribution in [0.1, 0.15) is 12.8 Å². The van der Waals surface area contributed by atoms with E-state index in [1.54, 1.807) is 0 Å². The lowest BCUT2D eigenvalue weighted by Gasteiger charge is -2.11. The molecule has 1 aromatic carbocycles. The maximum atomic E-state index is 5.57. The lowest BCUT2D eigenvalue weighted by atomic mass is 10.2. The molecule has 1 atom stereocenters. The summed E-state index contributed by atoms with van der Waals surface area (Å²) >= 11 is 3.39. The van der Waals surface area contributed by atoms with E-state index < -0.39 is 0 Å². The highest BCUT2D eigenvalue weighted by atomic mass is 79.9. The van der Waals surface area contributed by atoms with Crippen LogP contribution in [0.15, 0.2) is 28.7 Å². The molecule has 1 aromatic rings. The lowest BCUT2D eigenvalue weighted by Crippen LogP contribution is -2.27. The van der Waals surface area contributed by atoms with Gasteiger partial charge in [-0.25, -0.2) is 0 Å². The summed E-state index contributed by atoms with van der Waals surface area (Å²) in [6.07, 6.45) is 2.50. The van der Waals surface area contributed by atoms with E-state index in [0.29, 0.717) is 19.3 Å². The first kappa shape index (κ1) is 12.9. The lowest BCUT2D eigenvalue weighted by molar-refractivity contribution is 0.0869. The molecule has 0 aliphatic carbocycles. The summed E-state index contributed by atoms with van der Waals surface area (Å²) in [5.41, 5.74) is 0. The van der Waals surface area contributed by atoms with Crippen molar-refractivity contribution in [3.05, 3.63) is 28.7 Å². The van der Waals surface area contributed by atoms with Gasteiger partial charge in [0.25, 0.3) is 0 Å². The number of halogens is 1. The molecule has 0 bridgehead atoms. The molecule has 0 spiro atoms. The number of benzene rings is 1. The van der Waals surface area contributed by atoms with Gasteiger partial charge in [-0.3, -0.25) is 0 Å². The fourth-order valence-electron chi connectivity index (χ4n) is 1.87. The molecule has 1 aliphatic rings. The molecule has 1 aliphatic heterocycles. The third-order valence-corrected chi connectivity index (χ3v) is 3.32. The molecule has 1 heterocycles. The van der Waals surface area contributed by atoms with Gasteiger partial charge >= 0.3 is 0 Å². The minimum atomic E-state index is 0.544. The smallest absolute Gasteiger partial charge is 0.119 e. The SMILES string of the molecule is Brc1ccc(OCCOCC2CCCN2)cc1. The first-order valence-corrected chi connectivity index (χ1v) is 6.83. The predicted octanol–water partition coefficient (Wildman–Crippen LogP) is 2.60. The van der Waals surface area contributed by atoms with Crippen molar-refractivity contribution in [3.8, 4) is 5.75 Å². The van der Waals surface area contributed by atoms with Gasteiger partial charge in [0.15, 0.2) is 0 Å². The van der Waals surface area contributed by atoms with E-state index in [2.05, 4.69) is 21.2 Å². The Morgan fingerprint density at radius 3 is 2.76 bits per heavy atom. The van der Waals surface area contributed by atoms with Crippen LogP contribution in [0.3, 0.4) is 0 Å². The highest BCUT2D eigenvalue weighted by Crippen LogP contribution is 2.15. The monoisotopic (exact) mass is 299 g/mol. The summed E-state index contributed by atoms with van der Waals surface area (Å²) in [5, 5.41) is 3.40. The van der Waals surface area contributed by atoms with Crippen molar-refractivity contribution in [1.82, 2.24) is 5.32 Å². The topological polar surface area (TPSA) is 30.5 Å². The average molecular weight is 300 g/mol. The molecular weight excluding hydrogens is 282 g/mol. The van der Waals surface area contributed by atoms with Gasteiger partial charge in [-0.05, 0) is 43.7 Å². The van der Waals surface area contributed by atoms with E-state index in [-0.39, 0.29) is 0 Å². The van der Waals surface area contributed by atoms with Crippen LogP contribution >= 0.6 is 15.9 Å². The molecule has 94 valence electrons. The van der Waals surface area contributed by atoms with E-state index in [1.807, 2.05) is 24.3 Å². The van der Waals surface area contributed by atoms with Crippen LogP contribution in [-0.2, 0) is 4.74 Å². The fraction of sp³-hybridized carbons (Fsp3) is 0.538. The van der Waals surface area contributed by atoms with Crippen molar-refractivity contribution in [1.29, 1.82) is 0 Å². The first-order chi connectivity index (χ1) is 8.34. The van der Waals surface area contributed by atoms with Crippen LogP contribution in [0.25, 0.3) is 0 Å². The molecule has 4 heteroatoms. The Labute approximate surface area is 111 Å². The summed E-state index contributed by atoms with van der Waals surface area (Å²) in [6.45, 7) is 3.18. The minimum absolute atomic E-state index is 0.544. The van der Waals surface area contributed by atoms with Crippen molar-refractivity contribution in [2.75, 3.05) is 26.4 Å². The molecule has 0 saturated carbocycles. The Morgan fingerprint density at radius 1 is 1.24 bits per heavy atom. The zero-order valence-electron chi connectivity index (χ0n) is 9.82. The van der Waals surface area contributed by atoms with Crippen molar-refractivity contribution in [2.24, 2.45) is 0 Å². The zero-order valence-corrected chi connectivity index (χ0v) is 11.4. The van der Waals surface area contributed by atoms with Gasteiger partial charge in [0.1, 0.15) is 12.4 Å². The molecule has 1 fully saturated rings. The second-order valence-corrected chi connectivity index (χ2v) is 5.09. The average Bonchev–Trinajstić information content (AvgIpc) is 2.84. The molecular formula is C13H18BrNO2. The summed E-state index contributed by atoms with van der Waals surface area (Å²) in [7, 11) is 0. The van der Waals surface area contributed by atoms with Crippen LogP contribution in [0, 0.1) is 0 Å². The second-order valence-electron chi connectivity index (χ2n) is 4.17. The predicted molar refractivity (Wildman–Crippen MR) is 71.5 cm³/mol. The largest absolute Gasteiger partial charge is 0.491 e. The van der Waals surface area contributed by atoms with E-state index in [4.69, 9.17) is 9.47 Å². The molecule has 0 amide bonds. The van der Waals surface area contributed by atoms with E-state index in [1.165, 1.54) is 12.8 Å². The van der Waals surface area contributed by atoms with Crippen molar-refractivity contribution in [3.63, 3.8) is 0 Å². The minimum Gasteiger partial charge on any atom is -0.491 e. The standard InChI is InChI=1S/C13H18BrNO2/c14-11-3-5-13(6-4-11)17-9-8-16-10-12-2-1-7-15-12/h3-6,12,15H,1-2,7-10H2. The third-order valence-electron chi connectivity index (χ3n) is 2.79. The van der Waals surface area contributed by atoms with Crippen LogP contribution in [-0.4, -0.2) is 32.4 Å². The maximum absolute atomic E-state index is 5.57. The molecule has 0 radical (unpaired) electrons. The Balaban J connectivity index is 1.55. The van der Waals surface area contributed by atoms with Gasteiger partial charge in [0, 0.05) is 10.5 Å². The Morgan fingerprint density at radius 2 is 2.06 bits per heavy atom. The molecule has 17 heavy (non-hydrogen) atoms. The van der Waals surface area contributed by atoms with Gasteiger partial charge in [0.2, 0.25) is 0 Å². The van der Waals surface area contributed by atoms with Gasteiger partial charge in [-0.1, -0.05) is 15.9 Å². The molecule has 1 unspecified atom stereocenters. The zero-order chi connectivity index (χ0) is 11.9. The number of hydrogen-bond donors (Lipinski definition) is 1. The highest BCUT2D eigenvalue weighted by molar-refractivity contribution is 9.10. The molecule has 2 rings (SSSR count). The van der Waals surface area contributed by atoms with Gasteiger partial charge in [-0.15, -0.1) is 0 Å². The Bertz CT molecular complexity index is 323. The van der Waals surface area contributed by atoms with E-state index in [9.17, 15) is 0 Å². The Hall–Kier alpha value is -0.580. The normalized spacial score (nSPS) is 19.5. The highest BCUT2D eigenvalue weighted by Gasteiger charge is 2.13. The second kappa shape index (κ2) is 6.99. The van der Waals surface area contributed by atoms with Crippen LogP contribution in [0.2, 0.25) is 0 Å². The van der Waals surface area contributed by atoms with Crippen LogP contribution in [0.5, 0.6) is 5.75 Å². The molecule has 1 N–H and O–H groups in total.